The lowest BCUT2D eigenvalue weighted by molar-refractivity contribution is -0.0220. The van der Waals surface area contributed by atoms with Crippen LogP contribution in [-0.2, 0) is 12.6 Å². The minimum atomic E-state index is -0.676. The van der Waals surface area contributed by atoms with E-state index in [2.05, 4.69) is 11.9 Å². The summed E-state index contributed by atoms with van der Waals surface area (Å²) in [4.78, 5) is 4.25. The van der Waals surface area contributed by atoms with Crippen LogP contribution in [0.3, 0.4) is 0 Å². The quantitative estimate of drug-likeness (QED) is 0.740. The molecule has 0 amide bonds. The first-order valence-corrected chi connectivity index (χ1v) is 5.32. The van der Waals surface area contributed by atoms with Crippen molar-refractivity contribution in [3.63, 3.8) is 0 Å². The average Bonchev–Trinajstić information content (AvgIpc) is 2.58. The van der Waals surface area contributed by atoms with Gasteiger partial charge in [-0.3, -0.25) is 0 Å². The Bertz CT molecular complexity index is 311. The Morgan fingerprint density at radius 3 is 2.64 bits per heavy atom. The van der Waals surface area contributed by atoms with E-state index in [9.17, 15) is 5.11 Å². The highest BCUT2D eigenvalue weighted by atomic mass is 16.3. The molecule has 0 atom stereocenters. The van der Waals surface area contributed by atoms with Crippen LogP contribution in [0.15, 0.2) is 12.4 Å². The van der Waals surface area contributed by atoms with Crippen LogP contribution in [0.5, 0.6) is 0 Å². The topological polar surface area (TPSA) is 38.1 Å². The van der Waals surface area contributed by atoms with Crippen LogP contribution in [0.4, 0.5) is 0 Å². The molecule has 2 rings (SSSR count). The third kappa shape index (κ3) is 1.57. The Morgan fingerprint density at radius 2 is 2.14 bits per heavy atom. The number of nitrogens with zero attached hydrogens (tertiary/aromatic N) is 2. The summed E-state index contributed by atoms with van der Waals surface area (Å²) in [6.07, 6.45) is 7.54. The van der Waals surface area contributed by atoms with E-state index in [4.69, 9.17) is 0 Å². The molecule has 1 aliphatic carbocycles. The first-order valence-electron chi connectivity index (χ1n) is 5.32. The van der Waals surface area contributed by atoms with E-state index in [-0.39, 0.29) is 0 Å². The van der Waals surface area contributed by atoms with E-state index in [1.165, 1.54) is 0 Å². The fourth-order valence-electron chi connectivity index (χ4n) is 2.28. The Morgan fingerprint density at radius 1 is 1.50 bits per heavy atom. The maximum Gasteiger partial charge on any atom is 0.140 e. The number of imidazole rings is 1. The minimum absolute atomic E-state index is 0.676. The Hall–Kier alpha value is -0.830. The van der Waals surface area contributed by atoms with Gasteiger partial charge in [0.15, 0.2) is 0 Å². The molecule has 0 saturated heterocycles. The van der Waals surface area contributed by atoms with Gasteiger partial charge in [-0.1, -0.05) is 6.92 Å². The van der Waals surface area contributed by atoms with Crippen LogP contribution >= 0.6 is 0 Å². The zero-order valence-electron chi connectivity index (χ0n) is 8.90. The van der Waals surface area contributed by atoms with E-state index >= 15 is 0 Å². The van der Waals surface area contributed by atoms with Gasteiger partial charge in [-0.15, -0.1) is 0 Å². The number of hydrogen-bond acceptors (Lipinski definition) is 2. The first kappa shape index (κ1) is 9.71. The molecule has 0 aromatic carbocycles. The van der Waals surface area contributed by atoms with Gasteiger partial charge in [0, 0.05) is 19.4 Å². The molecule has 1 N–H and O–H groups in total. The lowest BCUT2D eigenvalue weighted by Crippen LogP contribution is -2.33. The normalized spacial score (nSPS) is 33.2. The van der Waals surface area contributed by atoms with E-state index in [1.54, 1.807) is 6.20 Å². The third-order valence-corrected chi connectivity index (χ3v) is 3.34. The van der Waals surface area contributed by atoms with Gasteiger partial charge >= 0.3 is 0 Å². The summed E-state index contributed by atoms with van der Waals surface area (Å²) in [5.41, 5.74) is -0.676. The van der Waals surface area contributed by atoms with Crippen LogP contribution in [-0.4, -0.2) is 14.7 Å². The van der Waals surface area contributed by atoms with Gasteiger partial charge in [0.25, 0.3) is 0 Å². The first-order chi connectivity index (χ1) is 6.62. The maximum absolute atomic E-state index is 10.4. The van der Waals surface area contributed by atoms with Gasteiger partial charge in [0.05, 0.1) is 0 Å². The summed E-state index contributed by atoms with van der Waals surface area (Å²) >= 11 is 0. The highest BCUT2D eigenvalue weighted by molar-refractivity contribution is 5.05. The summed E-state index contributed by atoms with van der Waals surface area (Å²) in [7, 11) is 1.94. The van der Waals surface area contributed by atoms with Crippen molar-refractivity contribution in [2.45, 2.75) is 38.2 Å². The van der Waals surface area contributed by atoms with Crippen molar-refractivity contribution >= 4 is 0 Å². The van der Waals surface area contributed by atoms with Crippen molar-refractivity contribution in [1.29, 1.82) is 0 Å². The second kappa shape index (κ2) is 3.39. The fourth-order valence-corrected chi connectivity index (χ4v) is 2.28. The van der Waals surface area contributed by atoms with Crippen molar-refractivity contribution < 1.29 is 5.11 Å². The van der Waals surface area contributed by atoms with Gasteiger partial charge < -0.3 is 9.67 Å². The number of aliphatic hydroxyl groups is 1. The van der Waals surface area contributed by atoms with E-state index in [0.717, 1.165) is 37.4 Å². The minimum Gasteiger partial charge on any atom is -0.382 e. The average molecular weight is 194 g/mol. The van der Waals surface area contributed by atoms with Gasteiger partial charge in [-0.05, 0) is 31.6 Å². The van der Waals surface area contributed by atoms with Crippen LogP contribution < -0.4 is 0 Å². The Balaban J connectivity index is 2.21. The smallest absolute Gasteiger partial charge is 0.140 e. The molecule has 14 heavy (non-hydrogen) atoms. The molecule has 78 valence electrons. The van der Waals surface area contributed by atoms with E-state index < -0.39 is 5.60 Å². The monoisotopic (exact) mass is 194 g/mol. The van der Waals surface area contributed by atoms with Crippen LogP contribution in [0.2, 0.25) is 0 Å². The van der Waals surface area contributed by atoms with Crippen molar-refractivity contribution in [2.24, 2.45) is 13.0 Å². The van der Waals surface area contributed by atoms with Crippen molar-refractivity contribution in [3.8, 4) is 0 Å². The SMILES string of the molecule is CC1CCC(O)(c2nccn2C)CC1. The summed E-state index contributed by atoms with van der Waals surface area (Å²) in [6.45, 7) is 2.25. The molecule has 0 unspecified atom stereocenters. The molecule has 1 aromatic heterocycles. The van der Waals surface area contributed by atoms with Crippen LogP contribution in [0, 0.1) is 5.92 Å². The molecular weight excluding hydrogens is 176 g/mol. The van der Waals surface area contributed by atoms with Gasteiger partial charge in [0.1, 0.15) is 11.4 Å². The van der Waals surface area contributed by atoms with Crippen molar-refractivity contribution in [2.75, 3.05) is 0 Å². The molecule has 1 aliphatic rings. The lowest BCUT2D eigenvalue weighted by atomic mass is 9.79. The van der Waals surface area contributed by atoms with Gasteiger partial charge in [-0.25, -0.2) is 4.98 Å². The second-order valence-electron chi connectivity index (χ2n) is 4.58. The molecule has 1 aromatic rings. The van der Waals surface area contributed by atoms with E-state index in [1.807, 2.05) is 17.8 Å². The second-order valence-corrected chi connectivity index (χ2v) is 4.58. The number of aryl methyl sites for hydroxylation is 1. The molecule has 1 heterocycles. The molecule has 0 radical (unpaired) electrons. The number of rotatable bonds is 1. The number of hydrogen-bond donors (Lipinski definition) is 1. The molecule has 0 bridgehead atoms. The largest absolute Gasteiger partial charge is 0.382 e. The van der Waals surface area contributed by atoms with Crippen LogP contribution in [0.25, 0.3) is 0 Å². The molecule has 3 heteroatoms. The summed E-state index contributed by atoms with van der Waals surface area (Å²) in [5.74, 6) is 1.57. The van der Waals surface area contributed by atoms with Gasteiger partial charge in [-0.2, -0.15) is 0 Å². The fraction of sp³-hybridized carbons (Fsp3) is 0.727. The highest BCUT2D eigenvalue weighted by Gasteiger charge is 2.36. The van der Waals surface area contributed by atoms with Crippen molar-refractivity contribution in [3.05, 3.63) is 18.2 Å². The highest BCUT2D eigenvalue weighted by Crippen LogP contribution is 2.38. The predicted molar refractivity (Wildman–Crippen MR) is 54.7 cm³/mol. The molecule has 1 fully saturated rings. The van der Waals surface area contributed by atoms with Crippen molar-refractivity contribution in [1.82, 2.24) is 9.55 Å². The summed E-state index contributed by atoms with van der Waals surface area (Å²) in [5, 5.41) is 10.4. The molecule has 1 saturated carbocycles. The molecule has 0 aliphatic heterocycles. The standard InChI is InChI=1S/C11H18N2O/c1-9-3-5-11(14,6-4-9)10-12-7-8-13(10)2/h7-9,14H,3-6H2,1-2H3. The number of aromatic nitrogens is 2. The summed E-state index contributed by atoms with van der Waals surface area (Å²) in [6, 6.07) is 0. The van der Waals surface area contributed by atoms with Gasteiger partial charge in [0.2, 0.25) is 0 Å². The zero-order chi connectivity index (χ0) is 10.2. The Kier molecular flexibility index (Phi) is 2.35. The van der Waals surface area contributed by atoms with E-state index in [0.29, 0.717) is 0 Å². The predicted octanol–water partition coefficient (Wildman–Crippen LogP) is 1.82. The Labute approximate surface area is 84.8 Å². The zero-order valence-corrected chi connectivity index (χ0v) is 8.90. The van der Waals surface area contributed by atoms with Crippen LogP contribution in [0.1, 0.15) is 38.4 Å². The maximum atomic E-state index is 10.4. The lowest BCUT2D eigenvalue weighted by Gasteiger charge is -2.34. The third-order valence-electron chi connectivity index (χ3n) is 3.34. The molecule has 3 nitrogen and oxygen atoms in total. The molecule has 0 spiro atoms. The summed E-state index contributed by atoms with van der Waals surface area (Å²) < 4.78 is 1.93. The molecular formula is C11H18N2O.